The van der Waals surface area contributed by atoms with Crippen LogP contribution in [0.1, 0.15) is 19.3 Å². The first kappa shape index (κ1) is 13.5. The monoisotopic (exact) mass is 293 g/mol. The number of sulfonamides is 1. The SMILES string of the molecule is CS(=O)(=O)N1CC=CCC2(CCCS2(=O)=O)C1=O. The van der Waals surface area contributed by atoms with Crippen molar-refractivity contribution in [1.82, 2.24) is 4.31 Å². The molecule has 0 N–H and O–H groups in total. The molecule has 102 valence electrons. The van der Waals surface area contributed by atoms with Gasteiger partial charge in [-0.3, -0.25) is 4.79 Å². The van der Waals surface area contributed by atoms with Gasteiger partial charge in [-0.05, 0) is 19.3 Å². The molecule has 1 spiro atoms. The highest BCUT2D eigenvalue weighted by Gasteiger charge is 2.56. The highest BCUT2D eigenvalue weighted by atomic mass is 32.2. The number of nitrogens with zero attached hydrogens (tertiary/aromatic N) is 1. The third-order valence-corrected chi connectivity index (χ3v) is 7.17. The van der Waals surface area contributed by atoms with Crippen LogP contribution >= 0.6 is 0 Å². The summed E-state index contributed by atoms with van der Waals surface area (Å²) in [6.45, 7) is -0.0884. The van der Waals surface area contributed by atoms with E-state index in [9.17, 15) is 21.6 Å². The number of hydrogen-bond donors (Lipinski definition) is 0. The molecule has 2 heterocycles. The molecule has 0 aliphatic carbocycles. The van der Waals surface area contributed by atoms with Crippen molar-refractivity contribution in [2.45, 2.75) is 24.0 Å². The van der Waals surface area contributed by atoms with Crippen molar-refractivity contribution in [1.29, 1.82) is 0 Å². The molecule has 2 rings (SSSR count). The lowest BCUT2D eigenvalue weighted by molar-refractivity contribution is -0.128. The number of carbonyl (C=O) groups is 1. The zero-order valence-corrected chi connectivity index (χ0v) is 11.6. The van der Waals surface area contributed by atoms with E-state index >= 15 is 0 Å². The van der Waals surface area contributed by atoms with Gasteiger partial charge in [0.05, 0.1) is 18.6 Å². The number of carbonyl (C=O) groups excluding carboxylic acids is 1. The molecule has 0 bridgehead atoms. The maximum atomic E-state index is 12.4. The molecule has 1 saturated heterocycles. The third-order valence-electron chi connectivity index (χ3n) is 3.49. The van der Waals surface area contributed by atoms with E-state index in [-0.39, 0.29) is 25.1 Å². The van der Waals surface area contributed by atoms with Crippen LogP contribution in [0.5, 0.6) is 0 Å². The Kier molecular flexibility index (Phi) is 3.05. The Balaban J connectivity index is 2.56. The molecule has 0 saturated carbocycles. The molecule has 2 aliphatic rings. The quantitative estimate of drug-likeness (QED) is 0.618. The van der Waals surface area contributed by atoms with Gasteiger partial charge in [-0.15, -0.1) is 0 Å². The molecule has 0 aromatic carbocycles. The van der Waals surface area contributed by atoms with Gasteiger partial charge in [0, 0.05) is 0 Å². The highest BCUT2D eigenvalue weighted by molar-refractivity contribution is 7.94. The van der Waals surface area contributed by atoms with E-state index in [0.29, 0.717) is 10.7 Å². The molecule has 6 nitrogen and oxygen atoms in total. The highest BCUT2D eigenvalue weighted by Crippen LogP contribution is 2.39. The largest absolute Gasteiger partial charge is 0.272 e. The first-order valence-corrected chi connectivity index (χ1v) is 9.10. The Morgan fingerprint density at radius 2 is 2.00 bits per heavy atom. The summed E-state index contributed by atoms with van der Waals surface area (Å²) in [7, 11) is -7.33. The van der Waals surface area contributed by atoms with Crippen LogP contribution in [0.4, 0.5) is 0 Å². The topological polar surface area (TPSA) is 88.6 Å². The maximum Gasteiger partial charge on any atom is 0.258 e. The van der Waals surface area contributed by atoms with Gasteiger partial charge in [0.2, 0.25) is 10.0 Å². The number of rotatable bonds is 1. The van der Waals surface area contributed by atoms with Crippen molar-refractivity contribution in [2.24, 2.45) is 0 Å². The number of sulfone groups is 1. The van der Waals surface area contributed by atoms with Crippen molar-refractivity contribution in [2.75, 3.05) is 18.6 Å². The van der Waals surface area contributed by atoms with E-state index in [2.05, 4.69) is 0 Å². The fourth-order valence-electron chi connectivity index (χ4n) is 2.50. The predicted octanol–water partition coefficient (Wildman–Crippen LogP) is -0.318. The van der Waals surface area contributed by atoms with E-state index < -0.39 is 30.5 Å². The zero-order valence-electron chi connectivity index (χ0n) is 10.00. The van der Waals surface area contributed by atoms with E-state index in [4.69, 9.17) is 0 Å². The summed E-state index contributed by atoms with van der Waals surface area (Å²) in [5.41, 5.74) is 0. The number of amides is 1. The van der Waals surface area contributed by atoms with Crippen LogP contribution in [0, 0.1) is 0 Å². The van der Waals surface area contributed by atoms with Gasteiger partial charge in [0.25, 0.3) is 5.91 Å². The molecule has 1 atom stereocenters. The summed E-state index contributed by atoms with van der Waals surface area (Å²) in [4.78, 5) is 12.4. The van der Waals surface area contributed by atoms with Crippen LogP contribution in [-0.4, -0.2) is 50.3 Å². The first-order chi connectivity index (χ1) is 8.21. The average Bonchev–Trinajstić information content (AvgIpc) is 2.41. The molecule has 8 heteroatoms. The van der Waals surface area contributed by atoms with Crippen molar-refractivity contribution in [3.05, 3.63) is 12.2 Å². The van der Waals surface area contributed by atoms with Crippen LogP contribution in [0.2, 0.25) is 0 Å². The first-order valence-electron chi connectivity index (χ1n) is 5.60. The molecule has 18 heavy (non-hydrogen) atoms. The minimum absolute atomic E-state index is 0.0514. The van der Waals surface area contributed by atoms with E-state index in [1.807, 2.05) is 0 Å². The average molecular weight is 293 g/mol. The lowest BCUT2D eigenvalue weighted by Crippen LogP contribution is -2.52. The van der Waals surface area contributed by atoms with Gasteiger partial charge in [-0.1, -0.05) is 12.2 Å². The molecular weight excluding hydrogens is 278 g/mol. The Morgan fingerprint density at radius 3 is 2.50 bits per heavy atom. The minimum atomic E-state index is -3.74. The lowest BCUT2D eigenvalue weighted by Gasteiger charge is -2.29. The molecule has 1 fully saturated rings. The second kappa shape index (κ2) is 4.06. The van der Waals surface area contributed by atoms with E-state index in [0.717, 1.165) is 6.26 Å². The van der Waals surface area contributed by atoms with Gasteiger partial charge in [-0.25, -0.2) is 21.1 Å². The van der Waals surface area contributed by atoms with Gasteiger partial charge < -0.3 is 0 Å². The fraction of sp³-hybridized carbons (Fsp3) is 0.700. The van der Waals surface area contributed by atoms with Crippen LogP contribution in [0.15, 0.2) is 12.2 Å². The molecule has 2 aliphatic heterocycles. The summed E-state index contributed by atoms with van der Waals surface area (Å²) >= 11 is 0. The standard InChI is InChI=1S/C10H15NO5S2/c1-17(13,14)11-7-3-2-5-10(9(11)12)6-4-8-18(10,15)16/h2-3H,4-8H2,1H3. The Bertz CT molecular complexity index is 604. The van der Waals surface area contributed by atoms with E-state index in [1.54, 1.807) is 6.08 Å². The summed E-state index contributed by atoms with van der Waals surface area (Å²) in [5.74, 6) is -0.850. The second-order valence-corrected chi connectivity index (χ2v) is 9.02. The van der Waals surface area contributed by atoms with Gasteiger partial charge >= 0.3 is 0 Å². The molecule has 0 aromatic heterocycles. The van der Waals surface area contributed by atoms with Crippen LogP contribution in [0.25, 0.3) is 0 Å². The second-order valence-electron chi connectivity index (χ2n) is 4.69. The van der Waals surface area contributed by atoms with Crippen LogP contribution in [-0.2, 0) is 24.7 Å². The number of allylic oxidation sites excluding steroid dienone is 1. The van der Waals surface area contributed by atoms with Crippen LogP contribution < -0.4 is 0 Å². The van der Waals surface area contributed by atoms with Crippen molar-refractivity contribution in [3.8, 4) is 0 Å². The molecule has 0 aromatic rings. The minimum Gasteiger partial charge on any atom is -0.272 e. The van der Waals surface area contributed by atoms with Crippen molar-refractivity contribution >= 4 is 25.8 Å². The van der Waals surface area contributed by atoms with Crippen molar-refractivity contribution in [3.63, 3.8) is 0 Å². The normalized spacial score (nSPS) is 31.8. The smallest absolute Gasteiger partial charge is 0.258 e. The lowest BCUT2D eigenvalue weighted by atomic mass is 9.98. The zero-order chi connectivity index (χ0) is 13.6. The predicted molar refractivity (Wildman–Crippen MR) is 66.1 cm³/mol. The number of hydrogen-bond acceptors (Lipinski definition) is 5. The van der Waals surface area contributed by atoms with Gasteiger partial charge in [-0.2, -0.15) is 0 Å². The molecule has 1 unspecified atom stereocenters. The summed E-state index contributed by atoms with van der Waals surface area (Å²) in [5, 5.41) is 0. The van der Waals surface area contributed by atoms with E-state index in [1.165, 1.54) is 6.08 Å². The summed E-state index contributed by atoms with van der Waals surface area (Å²) < 4.78 is 46.4. The Labute approximate surface area is 107 Å². The molecule has 0 radical (unpaired) electrons. The van der Waals surface area contributed by atoms with Crippen LogP contribution in [0.3, 0.4) is 0 Å². The maximum absolute atomic E-state index is 12.4. The Morgan fingerprint density at radius 1 is 1.33 bits per heavy atom. The van der Waals surface area contributed by atoms with Gasteiger partial charge in [0.1, 0.15) is 0 Å². The fourth-order valence-corrected chi connectivity index (χ4v) is 5.48. The molecule has 1 amide bonds. The third kappa shape index (κ3) is 1.87. The van der Waals surface area contributed by atoms with Gasteiger partial charge in [0.15, 0.2) is 14.6 Å². The van der Waals surface area contributed by atoms with Crippen molar-refractivity contribution < 1.29 is 21.6 Å². The summed E-state index contributed by atoms with van der Waals surface area (Å²) in [6, 6.07) is 0. The molecular formula is C10H15NO5S2. The summed E-state index contributed by atoms with van der Waals surface area (Å²) in [6.07, 6.45) is 4.71. The Hall–Kier alpha value is -0.890.